The molecule has 1 amide bonds. The van der Waals surface area contributed by atoms with Gasteiger partial charge in [0.05, 0.1) is 6.54 Å². The monoisotopic (exact) mass is 410 g/mol. The van der Waals surface area contributed by atoms with Crippen LogP contribution in [0.2, 0.25) is 0 Å². The van der Waals surface area contributed by atoms with E-state index in [4.69, 9.17) is 4.74 Å². The van der Waals surface area contributed by atoms with E-state index in [0.717, 1.165) is 16.9 Å². The number of rotatable bonds is 7. The predicted octanol–water partition coefficient (Wildman–Crippen LogP) is 4.73. The molecule has 4 rings (SSSR count). The van der Waals surface area contributed by atoms with Gasteiger partial charge in [0.1, 0.15) is 12.4 Å². The lowest BCUT2D eigenvalue weighted by atomic mass is 10.1. The summed E-state index contributed by atoms with van der Waals surface area (Å²) in [5.41, 5.74) is 2.99. The van der Waals surface area contributed by atoms with Crippen LogP contribution in [-0.2, 0) is 13.2 Å². The van der Waals surface area contributed by atoms with Crippen molar-refractivity contribution in [3.8, 4) is 5.75 Å². The predicted molar refractivity (Wildman–Crippen MR) is 121 cm³/mol. The summed E-state index contributed by atoms with van der Waals surface area (Å²) < 4.78 is 7.44. The molecule has 0 bridgehead atoms. The van der Waals surface area contributed by atoms with Gasteiger partial charge in [-0.3, -0.25) is 9.59 Å². The molecule has 5 heteroatoms. The van der Waals surface area contributed by atoms with Gasteiger partial charge in [0, 0.05) is 29.1 Å². The number of hydrogen-bond acceptors (Lipinski definition) is 3. The van der Waals surface area contributed by atoms with E-state index in [9.17, 15) is 9.59 Å². The molecular formula is C26H22N2O3. The number of pyridine rings is 1. The Morgan fingerprint density at radius 3 is 2.29 bits per heavy atom. The van der Waals surface area contributed by atoms with E-state index >= 15 is 0 Å². The fourth-order valence-electron chi connectivity index (χ4n) is 3.23. The topological polar surface area (TPSA) is 60.3 Å². The van der Waals surface area contributed by atoms with Gasteiger partial charge in [-0.2, -0.15) is 0 Å². The summed E-state index contributed by atoms with van der Waals surface area (Å²) in [6.45, 7) is 0.784. The number of anilines is 1. The minimum Gasteiger partial charge on any atom is -0.489 e. The Kier molecular flexibility index (Phi) is 6.24. The Morgan fingerprint density at radius 2 is 1.52 bits per heavy atom. The molecule has 31 heavy (non-hydrogen) atoms. The summed E-state index contributed by atoms with van der Waals surface area (Å²) in [5.74, 6) is 0.560. The van der Waals surface area contributed by atoms with Crippen LogP contribution in [0.1, 0.15) is 21.5 Å². The second-order valence-corrected chi connectivity index (χ2v) is 7.08. The molecule has 0 spiro atoms. The van der Waals surface area contributed by atoms with Crippen LogP contribution in [0.4, 0.5) is 5.69 Å². The highest BCUT2D eigenvalue weighted by molar-refractivity contribution is 6.05. The van der Waals surface area contributed by atoms with Gasteiger partial charge >= 0.3 is 0 Å². The molecule has 1 heterocycles. The molecule has 0 aliphatic rings. The lowest BCUT2D eigenvalue weighted by molar-refractivity contribution is 0.102. The second-order valence-electron chi connectivity index (χ2n) is 7.08. The highest BCUT2D eigenvalue weighted by Gasteiger charge is 2.12. The molecule has 0 unspecified atom stereocenters. The van der Waals surface area contributed by atoms with Crippen molar-refractivity contribution in [3.05, 3.63) is 130 Å². The molecule has 0 saturated heterocycles. The Bertz CT molecular complexity index is 1220. The smallest absolute Gasteiger partial charge is 0.256 e. The first-order chi connectivity index (χ1) is 15.2. The number of para-hydroxylation sites is 1. The van der Waals surface area contributed by atoms with E-state index in [2.05, 4.69) is 5.32 Å². The Hall–Kier alpha value is -4.12. The lowest BCUT2D eigenvalue weighted by Gasteiger charge is -2.12. The maximum Gasteiger partial charge on any atom is 0.256 e. The fraction of sp³-hybridized carbons (Fsp3) is 0.0769. The van der Waals surface area contributed by atoms with Crippen molar-refractivity contribution in [2.45, 2.75) is 13.2 Å². The van der Waals surface area contributed by atoms with Crippen LogP contribution in [-0.4, -0.2) is 10.5 Å². The highest BCUT2D eigenvalue weighted by Crippen LogP contribution is 2.17. The molecular weight excluding hydrogens is 388 g/mol. The maximum atomic E-state index is 12.9. The Morgan fingerprint density at radius 1 is 0.806 bits per heavy atom. The van der Waals surface area contributed by atoms with E-state index in [1.165, 1.54) is 6.07 Å². The second kappa shape index (κ2) is 9.59. The molecule has 0 fully saturated rings. The van der Waals surface area contributed by atoms with Crippen LogP contribution in [0, 0.1) is 0 Å². The van der Waals surface area contributed by atoms with Crippen molar-refractivity contribution in [1.29, 1.82) is 0 Å². The summed E-state index contributed by atoms with van der Waals surface area (Å²) in [7, 11) is 0. The van der Waals surface area contributed by atoms with Gasteiger partial charge in [0.15, 0.2) is 0 Å². The SMILES string of the molecule is O=C(Nc1ccc(Cn2ccccc2=O)cc1)c1ccccc1COc1ccccc1. The standard InChI is InChI=1S/C26H22N2O3/c29-25-12-6-7-17-28(25)18-20-13-15-22(16-14-20)27-26(30)24-11-5-4-8-21(24)19-31-23-9-2-1-3-10-23/h1-17H,18-19H2,(H,27,30). The van der Waals surface area contributed by atoms with Gasteiger partial charge in [0.25, 0.3) is 11.5 Å². The number of aromatic nitrogens is 1. The summed E-state index contributed by atoms with van der Waals surface area (Å²) in [6.07, 6.45) is 1.76. The zero-order chi connectivity index (χ0) is 21.5. The van der Waals surface area contributed by atoms with Gasteiger partial charge < -0.3 is 14.6 Å². The molecule has 1 aromatic heterocycles. The number of nitrogens with one attached hydrogen (secondary N) is 1. The lowest BCUT2D eigenvalue weighted by Crippen LogP contribution is -2.18. The van der Waals surface area contributed by atoms with Crippen LogP contribution >= 0.6 is 0 Å². The number of carbonyl (C=O) groups excluding carboxylic acids is 1. The third-order valence-electron chi connectivity index (χ3n) is 4.86. The summed E-state index contributed by atoms with van der Waals surface area (Å²) in [4.78, 5) is 24.7. The van der Waals surface area contributed by atoms with Crippen molar-refractivity contribution in [2.24, 2.45) is 0 Å². The number of nitrogens with zero attached hydrogens (tertiary/aromatic N) is 1. The van der Waals surface area contributed by atoms with Crippen molar-refractivity contribution < 1.29 is 9.53 Å². The Balaban J connectivity index is 1.42. The van der Waals surface area contributed by atoms with E-state index in [0.29, 0.717) is 24.4 Å². The molecule has 4 aromatic rings. The number of carbonyl (C=O) groups is 1. The minimum absolute atomic E-state index is 0.0470. The molecule has 1 N–H and O–H groups in total. The maximum absolute atomic E-state index is 12.9. The van der Waals surface area contributed by atoms with Gasteiger partial charge in [-0.15, -0.1) is 0 Å². The molecule has 3 aromatic carbocycles. The van der Waals surface area contributed by atoms with E-state index in [-0.39, 0.29) is 11.5 Å². The third kappa shape index (κ3) is 5.28. The molecule has 5 nitrogen and oxygen atoms in total. The average Bonchev–Trinajstić information content (AvgIpc) is 2.81. The van der Waals surface area contributed by atoms with Gasteiger partial charge in [0.2, 0.25) is 0 Å². The van der Waals surface area contributed by atoms with E-state index in [1.54, 1.807) is 22.9 Å². The zero-order valence-corrected chi connectivity index (χ0v) is 16.9. The molecule has 0 atom stereocenters. The molecule has 0 aliphatic carbocycles. The van der Waals surface area contributed by atoms with Crippen LogP contribution in [0.5, 0.6) is 5.75 Å². The Labute approximate surface area is 180 Å². The first-order valence-corrected chi connectivity index (χ1v) is 10.0. The van der Waals surface area contributed by atoms with Crippen LogP contribution in [0.3, 0.4) is 0 Å². The summed E-state index contributed by atoms with van der Waals surface area (Å²) >= 11 is 0. The summed E-state index contributed by atoms with van der Waals surface area (Å²) in [6, 6.07) is 29.5. The zero-order valence-electron chi connectivity index (χ0n) is 16.9. The van der Waals surface area contributed by atoms with Gasteiger partial charge in [-0.1, -0.05) is 54.6 Å². The third-order valence-corrected chi connectivity index (χ3v) is 4.86. The quantitative estimate of drug-likeness (QED) is 0.479. The fourth-order valence-corrected chi connectivity index (χ4v) is 3.23. The van der Waals surface area contributed by atoms with Crippen molar-refractivity contribution >= 4 is 11.6 Å². The van der Waals surface area contributed by atoms with Crippen molar-refractivity contribution in [3.63, 3.8) is 0 Å². The number of ether oxygens (including phenoxy) is 1. The van der Waals surface area contributed by atoms with Gasteiger partial charge in [-0.05, 0) is 42.0 Å². The first kappa shape index (κ1) is 20.2. The van der Waals surface area contributed by atoms with E-state index in [1.807, 2.05) is 78.9 Å². The molecule has 154 valence electrons. The summed E-state index contributed by atoms with van der Waals surface area (Å²) in [5, 5.41) is 2.94. The highest BCUT2D eigenvalue weighted by atomic mass is 16.5. The van der Waals surface area contributed by atoms with Crippen LogP contribution < -0.4 is 15.6 Å². The average molecular weight is 410 g/mol. The van der Waals surface area contributed by atoms with Crippen molar-refractivity contribution in [2.75, 3.05) is 5.32 Å². The van der Waals surface area contributed by atoms with Crippen LogP contribution in [0.15, 0.2) is 108 Å². The first-order valence-electron chi connectivity index (χ1n) is 10.0. The van der Waals surface area contributed by atoms with E-state index < -0.39 is 0 Å². The largest absolute Gasteiger partial charge is 0.489 e. The number of amides is 1. The minimum atomic E-state index is -0.195. The molecule has 0 aliphatic heterocycles. The van der Waals surface area contributed by atoms with Gasteiger partial charge in [-0.25, -0.2) is 0 Å². The van der Waals surface area contributed by atoms with Crippen molar-refractivity contribution in [1.82, 2.24) is 4.57 Å². The van der Waals surface area contributed by atoms with Crippen LogP contribution in [0.25, 0.3) is 0 Å². The molecule has 0 saturated carbocycles. The number of benzene rings is 3. The normalized spacial score (nSPS) is 10.5. The number of hydrogen-bond donors (Lipinski definition) is 1. The molecule has 0 radical (unpaired) electrons.